The van der Waals surface area contributed by atoms with E-state index in [2.05, 4.69) is 10.3 Å². The van der Waals surface area contributed by atoms with Gasteiger partial charge in [0.1, 0.15) is 17.8 Å². The molecular formula is C25H27ClN2O3. The number of aromatic nitrogens is 1. The highest BCUT2D eigenvalue weighted by Gasteiger charge is 2.27. The zero-order chi connectivity index (χ0) is 22.7. The van der Waals surface area contributed by atoms with E-state index in [0.29, 0.717) is 16.3 Å². The number of amides is 1. The third-order valence-electron chi connectivity index (χ3n) is 5.50. The first-order chi connectivity index (χ1) is 14.7. The van der Waals surface area contributed by atoms with E-state index < -0.39 is 12.0 Å². The van der Waals surface area contributed by atoms with Crippen LogP contribution >= 0.6 is 11.6 Å². The molecule has 1 amide bonds. The Labute approximate surface area is 187 Å². The van der Waals surface area contributed by atoms with Gasteiger partial charge in [0.05, 0.1) is 5.52 Å². The molecule has 3 rings (SSSR count). The minimum atomic E-state index is -0.774. The van der Waals surface area contributed by atoms with Crippen LogP contribution in [0.5, 0.6) is 0 Å². The molecule has 1 aromatic heterocycles. The highest BCUT2D eigenvalue weighted by molar-refractivity contribution is 6.30. The maximum absolute atomic E-state index is 12.8. The van der Waals surface area contributed by atoms with Crippen LogP contribution in [0.3, 0.4) is 0 Å². The lowest BCUT2D eigenvalue weighted by Gasteiger charge is -2.21. The van der Waals surface area contributed by atoms with Crippen molar-refractivity contribution < 1.29 is 14.3 Å². The molecule has 2 aromatic carbocycles. The topological polar surface area (TPSA) is 68.3 Å². The van der Waals surface area contributed by atoms with Gasteiger partial charge in [-0.1, -0.05) is 55.8 Å². The lowest BCUT2D eigenvalue weighted by Crippen LogP contribution is -2.45. The fraction of sp³-hybridized carbons (Fsp3) is 0.320. The van der Waals surface area contributed by atoms with Crippen LogP contribution in [-0.2, 0) is 16.1 Å². The van der Waals surface area contributed by atoms with Gasteiger partial charge >= 0.3 is 5.97 Å². The molecule has 0 aliphatic heterocycles. The zero-order valence-electron chi connectivity index (χ0n) is 18.5. The summed E-state index contributed by atoms with van der Waals surface area (Å²) in [5.41, 5.74) is 5.05. The fourth-order valence-electron chi connectivity index (χ4n) is 3.39. The molecule has 0 saturated heterocycles. The summed E-state index contributed by atoms with van der Waals surface area (Å²) in [6.45, 7) is 9.59. The van der Waals surface area contributed by atoms with Gasteiger partial charge in [0.2, 0.25) is 0 Å². The SMILES string of the molecule is Cc1ccccc1C(=O)N[C@H](C(=O)OCc1cc2ccc(C)c(C)c2nc1Cl)C(C)C. The number of carbonyl (C=O) groups excluding carboxylic acids is 2. The summed E-state index contributed by atoms with van der Waals surface area (Å²) < 4.78 is 5.52. The zero-order valence-corrected chi connectivity index (χ0v) is 19.2. The van der Waals surface area contributed by atoms with Gasteiger partial charge in [0, 0.05) is 16.5 Å². The Morgan fingerprint density at radius 2 is 1.77 bits per heavy atom. The van der Waals surface area contributed by atoms with E-state index in [9.17, 15) is 9.59 Å². The second-order valence-corrected chi connectivity index (χ2v) is 8.49. The summed E-state index contributed by atoms with van der Waals surface area (Å²) in [4.78, 5) is 29.9. The van der Waals surface area contributed by atoms with Crippen molar-refractivity contribution in [3.05, 3.63) is 75.4 Å². The Kier molecular flexibility index (Phi) is 6.96. The number of halogens is 1. The molecular weight excluding hydrogens is 412 g/mol. The number of carbonyl (C=O) groups is 2. The number of aryl methyl sites for hydroxylation is 3. The van der Waals surface area contributed by atoms with Gasteiger partial charge in [0.25, 0.3) is 5.91 Å². The molecule has 6 heteroatoms. The van der Waals surface area contributed by atoms with Crippen molar-refractivity contribution in [3.63, 3.8) is 0 Å². The molecule has 0 bridgehead atoms. The van der Waals surface area contributed by atoms with Crippen LogP contribution in [0.4, 0.5) is 0 Å². The number of ether oxygens (including phenoxy) is 1. The van der Waals surface area contributed by atoms with Gasteiger partial charge in [-0.25, -0.2) is 9.78 Å². The van der Waals surface area contributed by atoms with Gasteiger partial charge in [-0.05, 0) is 55.5 Å². The Balaban J connectivity index is 1.74. The van der Waals surface area contributed by atoms with E-state index >= 15 is 0 Å². The van der Waals surface area contributed by atoms with Gasteiger partial charge < -0.3 is 10.1 Å². The Morgan fingerprint density at radius 3 is 2.45 bits per heavy atom. The van der Waals surface area contributed by atoms with Gasteiger partial charge in [-0.3, -0.25) is 4.79 Å². The summed E-state index contributed by atoms with van der Waals surface area (Å²) in [6, 6.07) is 12.4. The number of fused-ring (bicyclic) bond motifs is 1. The molecule has 1 heterocycles. The largest absolute Gasteiger partial charge is 0.459 e. The van der Waals surface area contributed by atoms with Crippen LogP contribution in [-0.4, -0.2) is 22.9 Å². The van der Waals surface area contributed by atoms with Crippen molar-refractivity contribution in [1.82, 2.24) is 10.3 Å². The Bertz CT molecular complexity index is 1140. The van der Waals surface area contributed by atoms with Crippen LogP contribution in [0.25, 0.3) is 10.9 Å². The third kappa shape index (κ3) is 5.05. The molecule has 0 aliphatic carbocycles. The fourth-order valence-corrected chi connectivity index (χ4v) is 3.58. The molecule has 0 saturated carbocycles. The van der Waals surface area contributed by atoms with Crippen LogP contribution in [0, 0.1) is 26.7 Å². The van der Waals surface area contributed by atoms with Crippen LogP contribution < -0.4 is 5.32 Å². The Hall–Kier alpha value is -2.92. The number of pyridine rings is 1. The van der Waals surface area contributed by atoms with Gasteiger partial charge in [-0.2, -0.15) is 0 Å². The molecule has 31 heavy (non-hydrogen) atoms. The van der Waals surface area contributed by atoms with E-state index in [1.807, 2.05) is 65.0 Å². The first-order valence-corrected chi connectivity index (χ1v) is 10.6. The number of benzene rings is 2. The van der Waals surface area contributed by atoms with Crippen molar-refractivity contribution in [1.29, 1.82) is 0 Å². The summed E-state index contributed by atoms with van der Waals surface area (Å²) in [7, 11) is 0. The van der Waals surface area contributed by atoms with Crippen molar-refractivity contribution >= 4 is 34.4 Å². The average Bonchev–Trinajstić information content (AvgIpc) is 2.73. The normalized spacial score (nSPS) is 12.1. The second kappa shape index (κ2) is 9.48. The van der Waals surface area contributed by atoms with Crippen LogP contribution in [0.2, 0.25) is 5.15 Å². The lowest BCUT2D eigenvalue weighted by atomic mass is 10.0. The Morgan fingerprint density at radius 1 is 1.06 bits per heavy atom. The summed E-state index contributed by atoms with van der Waals surface area (Å²) in [6.07, 6.45) is 0. The maximum atomic E-state index is 12.8. The standard InChI is InChI=1S/C25H27ClN2O3/c1-14(2)21(28-24(29)20-9-7-6-8-16(20)4)25(30)31-13-19-12-18-11-10-15(3)17(5)22(18)27-23(19)26/h6-12,14,21H,13H2,1-5H3,(H,28,29)/t21-/m0/s1. The monoisotopic (exact) mass is 438 g/mol. The van der Waals surface area contributed by atoms with E-state index in [4.69, 9.17) is 16.3 Å². The first kappa shape index (κ1) is 22.8. The van der Waals surface area contributed by atoms with E-state index in [1.165, 1.54) is 0 Å². The smallest absolute Gasteiger partial charge is 0.329 e. The third-order valence-corrected chi connectivity index (χ3v) is 5.83. The van der Waals surface area contributed by atoms with E-state index in [-0.39, 0.29) is 18.4 Å². The van der Waals surface area contributed by atoms with Crippen molar-refractivity contribution in [2.45, 2.75) is 47.3 Å². The molecule has 0 aliphatic rings. The number of hydrogen-bond acceptors (Lipinski definition) is 4. The summed E-state index contributed by atoms with van der Waals surface area (Å²) >= 11 is 6.36. The predicted molar refractivity (Wildman–Crippen MR) is 123 cm³/mol. The second-order valence-electron chi connectivity index (χ2n) is 8.14. The van der Waals surface area contributed by atoms with E-state index in [1.54, 1.807) is 12.1 Å². The number of nitrogens with zero attached hydrogens (tertiary/aromatic N) is 1. The molecule has 0 unspecified atom stereocenters. The minimum absolute atomic E-state index is 0.0169. The van der Waals surface area contributed by atoms with E-state index in [0.717, 1.165) is 27.6 Å². The van der Waals surface area contributed by atoms with Gasteiger partial charge in [-0.15, -0.1) is 0 Å². The van der Waals surface area contributed by atoms with Crippen LogP contribution in [0.15, 0.2) is 42.5 Å². The quantitative estimate of drug-likeness (QED) is 0.418. The number of esters is 1. The average molecular weight is 439 g/mol. The molecule has 1 N–H and O–H groups in total. The lowest BCUT2D eigenvalue weighted by molar-refractivity contribution is -0.148. The molecule has 3 aromatic rings. The summed E-state index contributed by atoms with van der Waals surface area (Å²) in [5, 5.41) is 4.05. The molecule has 0 radical (unpaired) electrons. The molecule has 162 valence electrons. The molecule has 0 spiro atoms. The minimum Gasteiger partial charge on any atom is -0.459 e. The predicted octanol–water partition coefficient (Wildman–Crippen LogP) is 5.31. The maximum Gasteiger partial charge on any atom is 0.329 e. The van der Waals surface area contributed by atoms with Gasteiger partial charge in [0.15, 0.2) is 0 Å². The van der Waals surface area contributed by atoms with Crippen molar-refractivity contribution in [3.8, 4) is 0 Å². The van der Waals surface area contributed by atoms with Crippen molar-refractivity contribution in [2.75, 3.05) is 0 Å². The summed E-state index contributed by atoms with van der Waals surface area (Å²) in [5.74, 6) is -0.950. The highest BCUT2D eigenvalue weighted by Crippen LogP contribution is 2.25. The first-order valence-electron chi connectivity index (χ1n) is 10.3. The number of hydrogen-bond donors (Lipinski definition) is 1. The number of nitrogens with one attached hydrogen (secondary N) is 1. The molecule has 1 atom stereocenters. The van der Waals surface area contributed by atoms with Crippen LogP contribution in [0.1, 0.15) is 46.5 Å². The molecule has 5 nitrogen and oxygen atoms in total. The molecule has 0 fully saturated rings. The highest BCUT2D eigenvalue weighted by atomic mass is 35.5. The van der Waals surface area contributed by atoms with Crippen molar-refractivity contribution in [2.24, 2.45) is 5.92 Å². The number of rotatable bonds is 6.